The molecule has 0 aliphatic rings. The highest BCUT2D eigenvalue weighted by atomic mass is 35.5. The van der Waals surface area contributed by atoms with Gasteiger partial charge in [-0.15, -0.1) is 11.3 Å². The molecule has 92 valence electrons. The van der Waals surface area contributed by atoms with Crippen LogP contribution in [0.3, 0.4) is 0 Å². The van der Waals surface area contributed by atoms with Crippen LogP contribution in [0.25, 0.3) is 0 Å². The Labute approximate surface area is 115 Å². The van der Waals surface area contributed by atoms with Crippen LogP contribution in [0, 0.1) is 11.3 Å². The minimum absolute atomic E-state index is 0.506. The van der Waals surface area contributed by atoms with Gasteiger partial charge in [-0.25, -0.2) is 0 Å². The van der Waals surface area contributed by atoms with Crippen molar-refractivity contribution >= 4 is 34.3 Å². The van der Waals surface area contributed by atoms with Gasteiger partial charge in [0, 0.05) is 17.6 Å². The summed E-state index contributed by atoms with van der Waals surface area (Å²) >= 11 is 7.46. The molecule has 3 nitrogen and oxygen atoms in total. The average Bonchev–Trinajstić information content (AvgIpc) is 2.74. The van der Waals surface area contributed by atoms with E-state index in [0.717, 1.165) is 16.6 Å². The molecule has 18 heavy (non-hydrogen) atoms. The Morgan fingerprint density at radius 3 is 2.72 bits per heavy atom. The van der Waals surface area contributed by atoms with Crippen molar-refractivity contribution in [1.82, 2.24) is 0 Å². The molecule has 5 heteroatoms. The second-order valence-electron chi connectivity index (χ2n) is 3.95. The predicted molar refractivity (Wildman–Crippen MR) is 77.0 cm³/mol. The third-order valence-corrected chi connectivity index (χ3v) is 3.83. The van der Waals surface area contributed by atoms with Crippen molar-refractivity contribution in [2.24, 2.45) is 0 Å². The van der Waals surface area contributed by atoms with Crippen LogP contribution < -0.4 is 10.6 Å². The molecule has 2 rings (SSSR count). The van der Waals surface area contributed by atoms with Crippen LogP contribution in [0.4, 0.5) is 11.4 Å². The molecule has 0 aliphatic heterocycles. The molecule has 1 aromatic carbocycles. The van der Waals surface area contributed by atoms with Gasteiger partial charge >= 0.3 is 0 Å². The normalized spacial score (nSPS) is 10.1. The van der Waals surface area contributed by atoms with Gasteiger partial charge in [-0.3, -0.25) is 0 Å². The molecule has 0 spiro atoms. The van der Waals surface area contributed by atoms with Crippen LogP contribution >= 0.6 is 22.9 Å². The Morgan fingerprint density at radius 2 is 2.17 bits per heavy atom. The van der Waals surface area contributed by atoms with Crippen molar-refractivity contribution in [2.75, 3.05) is 17.7 Å². The van der Waals surface area contributed by atoms with Crippen LogP contribution in [0.5, 0.6) is 0 Å². The van der Waals surface area contributed by atoms with Crippen LogP contribution in [0.1, 0.15) is 10.4 Å². The van der Waals surface area contributed by atoms with Crippen molar-refractivity contribution in [3.8, 4) is 6.07 Å². The summed E-state index contributed by atoms with van der Waals surface area (Å²) in [7, 11) is 1.98. The number of hydrogen-bond donors (Lipinski definition) is 1. The Bertz CT molecular complexity index is 601. The van der Waals surface area contributed by atoms with E-state index in [0.29, 0.717) is 11.3 Å². The first-order valence-electron chi connectivity index (χ1n) is 5.35. The zero-order valence-electron chi connectivity index (χ0n) is 9.85. The van der Waals surface area contributed by atoms with Crippen LogP contribution in [-0.4, -0.2) is 7.05 Å². The first-order chi connectivity index (χ1) is 8.60. The highest BCUT2D eigenvalue weighted by Gasteiger charge is 2.06. The second-order valence-corrected chi connectivity index (χ2v) is 5.74. The van der Waals surface area contributed by atoms with E-state index in [1.807, 2.05) is 31.3 Å². The van der Waals surface area contributed by atoms with Crippen molar-refractivity contribution in [3.05, 3.63) is 45.1 Å². The highest BCUT2D eigenvalue weighted by Crippen LogP contribution is 2.26. The number of nitrogen functional groups attached to an aromatic ring is 1. The van der Waals surface area contributed by atoms with E-state index >= 15 is 0 Å². The minimum atomic E-state index is 0.506. The molecule has 0 atom stereocenters. The van der Waals surface area contributed by atoms with Gasteiger partial charge in [-0.1, -0.05) is 11.6 Å². The number of rotatable bonds is 3. The Balaban J connectivity index is 2.16. The first kappa shape index (κ1) is 12.7. The van der Waals surface area contributed by atoms with Gasteiger partial charge in [-0.2, -0.15) is 5.26 Å². The largest absolute Gasteiger partial charge is 0.398 e. The molecule has 0 amide bonds. The molecular formula is C13H12ClN3S. The summed E-state index contributed by atoms with van der Waals surface area (Å²) in [5.74, 6) is 0. The molecule has 0 saturated heterocycles. The van der Waals surface area contributed by atoms with Gasteiger partial charge in [0.25, 0.3) is 0 Å². The SMILES string of the molecule is CN(Cc1ccc(Cl)s1)c1ccc(C#N)c(N)c1. The summed E-state index contributed by atoms with van der Waals surface area (Å²) in [4.78, 5) is 3.25. The van der Waals surface area contributed by atoms with Gasteiger partial charge in [0.15, 0.2) is 0 Å². The van der Waals surface area contributed by atoms with E-state index in [9.17, 15) is 0 Å². The zero-order chi connectivity index (χ0) is 13.1. The number of thiophene rings is 1. The molecule has 1 heterocycles. The van der Waals surface area contributed by atoms with Gasteiger partial charge in [0.1, 0.15) is 6.07 Å². The number of nitrogens with zero attached hydrogens (tertiary/aromatic N) is 2. The van der Waals surface area contributed by atoms with Gasteiger partial charge in [0.2, 0.25) is 0 Å². The monoisotopic (exact) mass is 277 g/mol. The number of nitriles is 1. The van der Waals surface area contributed by atoms with Gasteiger partial charge < -0.3 is 10.6 Å². The van der Waals surface area contributed by atoms with E-state index < -0.39 is 0 Å². The zero-order valence-corrected chi connectivity index (χ0v) is 11.4. The lowest BCUT2D eigenvalue weighted by atomic mass is 10.1. The lowest BCUT2D eigenvalue weighted by Crippen LogP contribution is -2.15. The number of hydrogen-bond acceptors (Lipinski definition) is 4. The fourth-order valence-electron chi connectivity index (χ4n) is 1.65. The smallest absolute Gasteiger partial charge is 0.101 e. The molecule has 0 radical (unpaired) electrons. The molecule has 0 unspecified atom stereocenters. The summed E-state index contributed by atoms with van der Waals surface area (Å²) in [6.45, 7) is 0.767. The third-order valence-electron chi connectivity index (χ3n) is 2.62. The van der Waals surface area contributed by atoms with E-state index in [4.69, 9.17) is 22.6 Å². The predicted octanol–water partition coefficient (Wildman–Crippen LogP) is 3.49. The van der Waals surface area contributed by atoms with E-state index in [-0.39, 0.29) is 0 Å². The molecule has 0 aliphatic carbocycles. The van der Waals surface area contributed by atoms with Crippen molar-refractivity contribution in [1.29, 1.82) is 5.26 Å². The molecule has 0 saturated carbocycles. The Kier molecular flexibility index (Phi) is 3.75. The quantitative estimate of drug-likeness (QED) is 0.874. The maximum atomic E-state index is 8.83. The highest BCUT2D eigenvalue weighted by molar-refractivity contribution is 7.16. The minimum Gasteiger partial charge on any atom is -0.398 e. The van der Waals surface area contributed by atoms with Gasteiger partial charge in [-0.05, 0) is 30.3 Å². The number of benzene rings is 1. The Hall–Kier alpha value is -1.70. The fraction of sp³-hybridized carbons (Fsp3) is 0.154. The topological polar surface area (TPSA) is 53.0 Å². The molecule has 2 N–H and O–H groups in total. The van der Waals surface area contributed by atoms with E-state index in [1.54, 1.807) is 17.4 Å². The Morgan fingerprint density at radius 1 is 1.39 bits per heavy atom. The maximum Gasteiger partial charge on any atom is 0.101 e. The lowest BCUT2D eigenvalue weighted by Gasteiger charge is -2.19. The maximum absolute atomic E-state index is 8.83. The molecule has 2 aromatic rings. The summed E-state index contributed by atoms with van der Waals surface area (Å²) in [5.41, 5.74) is 7.79. The summed E-state index contributed by atoms with van der Waals surface area (Å²) < 4.78 is 0.790. The lowest BCUT2D eigenvalue weighted by molar-refractivity contribution is 0.941. The second kappa shape index (κ2) is 5.30. The van der Waals surface area contributed by atoms with Crippen LogP contribution in [0.2, 0.25) is 4.34 Å². The van der Waals surface area contributed by atoms with Crippen molar-refractivity contribution in [3.63, 3.8) is 0 Å². The molecule has 1 aromatic heterocycles. The third kappa shape index (κ3) is 2.76. The number of halogens is 1. The summed E-state index contributed by atoms with van der Waals surface area (Å²) in [5, 5.41) is 8.83. The summed E-state index contributed by atoms with van der Waals surface area (Å²) in [6.07, 6.45) is 0. The number of nitrogens with two attached hydrogens (primary N) is 1. The van der Waals surface area contributed by atoms with E-state index in [2.05, 4.69) is 11.0 Å². The molecular weight excluding hydrogens is 266 g/mol. The van der Waals surface area contributed by atoms with Crippen LogP contribution in [0.15, 0.2) is 30.3 Å². The van der Waals surface area contributed by atoms with Gasteiger partial charge in [0.05, 0.1) is 22.1 Å². The summed E-state index contributed by atoms with van der Waals surface area (Å²) in [6, 6.07) is 11.4. The fourth-order valence-corrected chi connectivity index (χ4v) is 2.79. The standard InChI is InChI=1S/C13H12ClN3S/c1-17(8-11-4-5-13(14)18-11)10-3-2-9(7-15)12(16)6-10/h2-6H,8,16H2,1H3. The number of anilines is 2. The molecule has 0 fully saturated rings. The van der Waals surface area contributed by atoms with Crippen molar-refractivity contribution in [2.45, 2.75) is 6.54 Å². The average molecular weight is 278 g/mol. The molecule has 0 bridgehead atoms. The first-order valence-corrected chi connectivity index (χ1v) is 6.54. The van der Waals surface area contributed by atoms with E-state index in [1.165, 1.54) is 4.88 Å². The van der Waals surface area contributed by atoms with Crippen LogP contribution in [-0.2, 0) is 6.54 Å². The van der Waals surface area contributed by atoms with Crippen molar-refractivity contribution < 1.29 is 0 Å².